The average Bonchev–Trinajstić information content (AvgIpc) is 3.29. The summed E-state index contributed by atoms with van der Waals surface area (Å²) in [7, 11) is -3.53. The summed E-state index contributed by atoms with van der Waals surface area (Å²) in [5.74, 6) is 2.34. The normalized spacial score (nSPS) is 24.0. The van der Waals surface area contributed by atoms with Gasteiger partial charge in [0.2, 0.25) is 15.9 Å². The average molecular weight is 453 g/mol. The summed E-state index contributed by atoms with van der Waals surface area (Å²) in [6.07, 6.45) is 8.90. The number of amides is 1. The summed E-state index contributed by atoms with van der Waals surface area (Å²) in [5, 5.41) is 3.25. The molecule has 0 bridgehead atoms. The Labute approximate surface area is 184 Å². The zero-order chi connectivity index (χ0) is 21.0. The van der Waals surface area contributed by atoms with Gasteiger partial charge in [-0.3, -0.25) is 14.7 Å². The highest BCUT2D eigenvalue weighted by molar-refractivity contribution is 7.99. The van der Waals surface area contributed by atoms with Crippen molar-refractivity contribution in [2.24, 2.45) is 5.92 Å². The van der Waals surface area contributed by atoms with Crippen LogP contribution in [0.5, 0.6) is 0 Å². The van der Waals surface area contributed by atoms with Gasteiger partial charge in [-0.05, 0) is 37.8 Å². The van der Waals surface area contributed by atoms with Crippen molar-refractivity contribution in [3.05, 3.63) is 24.5 Å². The summed E-state index contributed by atoms with van der Waals surface area (Å²) in [6, 6.07) is 3.20. The van der Waals surface area contributed by atoms with Crippen molar-refractivity contribution in [1.29, 1.82) is 0 Å². The third-order valence-corrected chi connectivity index (χ3v) is 9.73. The van der Waals surface area contributed by atoms with Crippen LogP contribution >= 0.6 is 11.8 Å². The first-order valence-electron chi connectivity index (χ1n) is 11.0. The van der Waals surface area contributed by atoms with Gasteiger partial charge in [-0.2, -0.15) is 16.1 Å². The van der Waals surface area contributed by atoms with E-state index in [0.29, 0.717) is 25.9 Å². The predicted molar refractivity (Wildman–Crippen MR) is 119 cm³/mol. The quantitative estimate of drug-likeness (QED) is 0.711. The Morgan fingerprint density at radius 3 is 2.50 bits per heavy atom. The van der Waals surface area contributed by atoms with Gasteiger partial charge >= 0.3 is 0 Å². The van der Waals surface area contributed by atoms with Crippen molar-refractivity contribution in [3.8, 4) is 0 Å². The predicted octanol–water partition coefficient (Wildman–Crippen LogP) is 1.96. The number of pyridine rings is 1. The number of carbonyl (C=O) groups excluding carboxylic acids is 1. The summed E-state index contributed by atoms with van der Waals surface area (Å²) in [5.41, 5.74) is 0.126. The number of hydrogen-bond donors (Lipinski definition) is 1. The maximum atomic E-state index is 12.9. The summed E-state index contributed by atoms with van der Waals surface area (Å²) < 4.78 is 27.0. The van der Waals surface area contributed by atoms with Gasteiger partial charge in [-0.1, -0.05) is 12.8 Å². The summed E-state index contributed by atoms with van der Waals surface area (Å²) >= 11 is 2.02. The number of piperidine rings is 1. The van der Waals surface area contributed by atoms with Crippen LogP contribution in [0.1, 0.15) is 38.5 Å². The van der Waals surface area contributed by atoms with Gasteiger partial charge in [0.15, 0.2) is 0 Å². The van der Waals surface area contributed by atoms with Gasteiger partial charge in [-0.25, -0.2) is 8.42 Å². The number of thioether (sulfide) groups is 1. The van der Waals surface area contributed by atoms with Gasteiger partial charge < -0.3 is 5.32 Å². The molecule has 1 amide bonds. The van der Waals surface area contributed by atoms with Crippen molar-refractivity contribution < 1.29 is 13.2 Å². The topological polar surface area (TPSA) is 82.6 Å². The van der Waals surface area contributed by atoms with Crippen LogP contribution in [0.4, 0.5) is 0 Å². The molecule has 1 aromatic heterocycles. The van der Waals surface area contributed by atoms with E-state index in [2.05, 4.69) is 15.2 Å². The fourth-order valence-corrected chi connectivity index (χ4v) is 7.42. The second kappa shape index (κ2) is 9.54. The molecule has 3 aliphatic rings. The number of sulfonamides is 1. The molecule has 7 nitrogen and oxygen atoms in total. The number of nitrogens with zero attached hydrogens (tertiary/aromatic N) is 3. The van der Waals surface area contributed by atoms with E-state index in [9.17, 15) is 13.2 Å². The van der Waals surface area contributed by atoms with E-state index < -0.39 is 10.0 Å². The second-order valence-corrected chi connectivity index (χ2v) is 11.8. The molecule has 1 N–H and O–H groups in total. The van der Waals surface area contributed by atoms with Gasteiger partial charge in [0.1, 0.15) is 4.90 Å². The van der Waals surface area contributed by atoms with Crippen LogP contribution in [0, 0.1) is 5.92 Å². The Hall–Kier alpha value is -1.16. The van der Waals surface area contributed by atoms with Crippen LogP contribution < -0.4 is 5.32 Å². The Kier molecular flexibility index (Phi) is 7.01. The summed E-state index contributed by atoms with van der Waals surface area (Å²) in [4.78, 5) is 19.6. The minimum atomic E-state index is -3.53. The number of aromatic nitrogens is 1. The lowest BCUT2D eigenvalue weighted by Gasteiger charge is -2.44. The van der Waals surface area contributed by atoms with E-state index in [-0.39, 0.29) is 22.3 Å². The molecule has 1 aromatic rings. The fraction of sp³-hybridized carbons (Fsp3) is 0.714. The van der Waals surface area contributed by atoms with E-state index in [1.165, 1.54) is 47.7 Å². The molecular weight excluding hydrogens is 420 g/mol. The number of nitrogens with one attached hydrogen (secondary N) is 1. The molecule has 166 valence electrons. The van der Waals surface area contributed by atoms with Gasteiger partial charge in [-0.15, -0.1) is 0 Å². The SMILES string of the molecule is O=C(NCC1(N2CCSCC2)CCCC1)C1CCN(S(=O)(=O)c2cccnc2)CC1. The number of carbonyl (C=O) groups is 1. The molecule has 3 fully saturated rings. The third-order valence-electron chi connectivity index (χ3n) is 6.90. The molecule has 30 heavy (non-hydrogen) atoms. The lowest BCUT2D eigenvalue weighted by Crippen LogP contribution is -2.57. The number of hydrogen-bond acceptors (Lipinski definition) is 6. The van der Waals surface area contributed by atoms with Crippen LogP contribution in [0.2, 0.25) is 0 Å². The van der Waals surface area contributed by atoms with E-state index in [4.69, 9.17) is 0 Å². The highest BCUT2D eigenvalue weighted by atomic mass is 32.2. The first-order valence-corrected chi connectivity index (χ1v) is 13.6. The van der Waals surface area contributed by atoms with Crippen LogP contribution in [0.25, 0.3) is 0 Å². The highest BCUT2D eigenvalue weighted by Gasteiger charge is 2.41. The lowest BCUT2D eigenvalue weighted by atomic mass is 9.93. The Balaban J connectivity index is 1.31. The maximum Gasteiger partial charge on any atom is 0.244 e. The molecule has 2 saturated heterocycles. The van der Waals surface area contributed by atoms with Crippen molar-refractivity contribution in [2.75, 3.05) is 44.2 Å². The molecule has 1 saturated carbocycles. The summed E-state index contributed by atoms with van der Waals surface area (Å²) in [6.45, 7) is 3.72. The molecule has 0 spiro atoms. The van der Waals surface area contributed by atoms with Crippen LogP contribution in [0.15, 0.2) is 29.4 Å². The zero-order valence-electron chi connectivity index (χ0n) is 17.5. The lowest BCUT2D eigenvalue weighted by molar-refractivity contribution is -0.126. The molecular formula is C21H32N4O3S2. The molecule has 1 aliphatic carbocycles. The van der Waals surface area contributed by atoms with E-state index in [0.717, 1.165) is 19.6 Å². The van der Waals surface area contributed by atoms with Gasteiger partial charge in [0, 0.05) is 68.1 Å². The molecule has 0 unspecified atom stereocenters. The highest BCUT2D eigenvalue weighted by Crippen LogP contribution is 2.36. The van der Waals surface area contributed by atoms with E-state index >= 15 is 0 Å². The molecule has 3 heterocycles. The molecule has 0 aromatic carbocycles. The second-order valence-electron chi connectivity index (χ2n) is 8.62. The Morgan fingerprint density at radius 2 is 1.87 bits per heavy atom. The minimum Gasteiger partial charge on any atom is -0.354 e. The molecule has 2 aliphatic heterocycles. The largest absolute Gasteiger partial charge is 0.354 e. The maximum absolute atomic E-state index is 12.9. The van der Waals surface area contributed by atoms with Crippen molar-refractivity contribution in [2.45, 2.75) is 49.0 Å². The molecule has 0 radical (unpaired) electrons. The van der Waals surface area contributed by atoms with Gasteiger partial charge in [0.25, 0.3) is 0 Å². The molecule has 9 heteroatoms. The Bertz CT molecular complexity index is 814. The first kappa shape index (κ1) is 22.0. The van der Waals surface area contributed by atoms with E-state index in [1.54, 1.807) is 18.3 Å². The standard InChI is InChI=1S/C21H32N4O3S2/c26-20(23-17-21(7-1-2-8-21)24-12-14-29-15-13-24)18-5-10-25(11-6-18)30(27,28)19-4-3-9-22-16-19/h3-4,9,16,18H,1-2,5-8,10-15,17H2,(H,23,26). The van der Waals surface area contributed by atoms with Crippen molar-refractivity contribution >= 4 is 27.7 Å². The monoisotopic (exact) mass is 452 g/mol. The smallest absolute Gasteiger partial charge is 0.244 e. The van der Waals surface area contributed by atoms with Crippen LogP contribution in [0.3, 0.4) is 0 Å². The molecule has 4 rings (SSSR count). The van der Waals surface area contributed by atoms with Crippen LogP contribution in [-0.2, 0) is 14.8 Å². The number of rotatable bonds is 6. The van der Waals surface area contributed by atoms with Crippen LogP contribution in [-0.4, -0.2) is 78.3 Å². The minimum absolute atomic E-state index is 0.0890. The zero-order valence-corrected chi connectivity index (χ0v) is 19.1. The first-order chi connectivity index (χ1) is 14.5. The molecule has 0 atom stereocenters. The third kappa shape index (κ3) is 4.69. The Morgan fingerprint density at radius 1 is 1.17 bits per heavy atom. The van der Waals surface area contributed by atoms with Crippen molar-refractivity contribution in [3.63, 3.8) is 0 Å². The van der Waals surface area contributed by atoms with Gasteiger partial charge in [0.05, 0.1) is 0 Å². The van der Waals surface area contributed by atoms with Crippen molar-refractivity contribution in [1.82, 2.24) is 19.5 Å². The fourth-order valence-electron chi connectivity index (χ4n) is 5.08. The van der Waals surface area contributed by atoms with E-state index in [1.807, 2.05) is 11.8 Å².